The lowest BCUT2D eigenvalue weighted by Gasteiger charge is -2.39. The fraction of sp³-hybridized carbons (Fsp3) is 0.188. The Morgan fingerprint density at radius 3 is 2.83 bits per heavy atom. The number of hydrogen-bond donors (Lipinski definition) is 1. The molecule has 1 aliphatic heterocycles. The number of carbonyl (C=O) groups excluding carboxylic acids is 1. The number of thiophene rings is 1. The number of benzene rings is 1. The van der Waals surface area contributed by atoms with E-state index in [1.807, 2.05) is 0 Å². The van der Waals surface area contributed by atoms with E-state index in [1.54, 1.807) is 35.5 Å². The van der Waals surface area contributed by atoms with Gasteiger partial charge in [-0.3, -0.25) is 4.79 Å². The van der Waals surface area contributed by atoms with Crippen LogP contribution in [0.4, 0.5) is 10.3 Å². The molecule has 0 aliphatic carbocycles. The third-order valence-electron chi connectivity index (χ3n) is 3.76. The number of fused-ring (bicyclic) bond motifs is 1. The molecule has 1 aliphatic rings. The number of anilines is 1. The minimum Gasteiger partial charge on any atom is -0.348 e. The van der Waals surface area contributed by atoms with Crippen molar-refractivity contribution in [3.63, 3.8) is 0 Å². The molecule has 5 nitrogen and oxygen atoms in total. The van der Waals surface area contributed by atoms with Crippen LogP contribution in [0, 0.1) is 5.82 Å². The molecule has 3 aromatic rings. The minimum atomic E-state index is -0.287. The van der Waals surface area contributed by atoms with Crippen LogP contribution in [0.3, 0.4) is 0 Å². The van der Waals surface area contributed by atoms with E-state index in [0.717, 1.165) is 10.1 Å². The molecule has 4 rings (SSSR count). The van der Waals surface area contributed by atoms with Gasteiger partial charge in [0.25, 0.3) is 5.91 Å². The van der Waals surface area contributed by atoms with E-state index in [2.05, 4.69) is 15.3 Å². The lowest BCUT2D eigenvalue weighted by atomic mass is 10.1. The monoisotopic (exact) mass is 328 g/mol. The minimum absolute atomic E-state index is 0.0151. The number of carbonyl (C=O) groups is 1. The summed E-state index contributed by atoms with van der Waals surface area (Å²) in [5, 5.41) is 3.96. The first-order chi connectivity index (χ1) is 11.2. The van der Waals surface area contributed by atoms with Crippen molar-refractivity contribution in [1.82, 2.24) is 14.9 Å². The summed E-state index contributed by atoms with van der Waals surface area (Å²) in [6.45, 7) is 1.22. The van der Waals surface area contributed by atoms with Gasteiger partial charge < -0.3 is 10.2 Å². The zero-order valence-corrected chi connectivity index (χ0v) is 12.9. The Morgan fingerprint density at radius 1 is 1.26 bits per heavy atom. The highest BCUT2D eigenvalue weighted by Crippen LogP contribution is 2.28. The number of nitrogens with zero attached hydrogens (tertiary/aromatic N) is 3. The molecule has 23 heavy (non-hydrogen) atoms. The lowest BCUT2D eigenvalue weighted by Crippen LogP contribution is -2.57. The highest BCUT2D eigenvalue weighted by molar-refractivity contribution is 7.20. The maximum absolute atomic E-state index is 13.2. The largest absolute Gasteiger partial charge is 0.348 e. The molecule has 0 atom stereocenters. The van der Waals surface area contributed by atoms with Crippen molar-refractivity contribution in [3.8, 4) is 0 Å². The number of likely N-dealkylation sites (tertiary alicyclic amines) is 1. The number of rotatable bonds is 3. The van der Waals surface area contributed by atoms with Crippen LogP contribution in [0.2, 0.25) is 0 Å². The summed E-state index contributed by atoms with van der Waals surface area (Å²) in [5.74, 6) is 0.269. The fourth-order valence-corrected chi connectivity index (χ4v) is 3.58. The van der Waals surface area contributed by atoms with Crippen molar-refractivity contribution in [2.24, 2.45) is 0 Å². The van der Waals surface area contributed by atoms with Crippen LogP contribution in [-0.2, 0) is 0 Å². The standard InChI is InChI=1S/C16H13FN4OS/c17-11-2-3-13-10(6-11)7-14(23-13)15(22)21-8-12(9-21)20-16-18-4-1-5-19-16/h1-7,12H,8-9H2,(H,18,19,20). The first kappa shape index (κ1) is 14.1. The molecule has 2 aromatic heterocycles. The van der Waals surface area contributed by atoms with Crippen LogP contribution in [-0.4, -0.2) is 39.9 Å². The van der Waals surface area contributed by atoms with Gasteiger partial charge in [0, 0.05) is 30.2 Å². The quantitative estimate of drug-likeness (QED) is 0.803. The van der Waals surface area contributed by atoms with Gasteiger partial charge in [-0.15, -0.1) is 11.3 Å². The van der Waals surface area contributed by atoms with Gasteiger partial charge in [-0.25, -0.2) is 14.4 Å². The third kappa shape index (κ3) is 2.75. The van der Waals surface area contributed by atoms with Gasteiger partial charge in [0.05, 0.1) is 10.9 Å². The summed E-state index contributed by atoms with van der Waals surface area (Å²) < 4.78 is 14.1. The second-order valence-electron chi connectivity index (χ2n) is 5.42. The number of hydrogen-bond acceptors (Lipinski definition) is 5. The molecule has 116 valence electrons. The van der Waals surface area contributed by atoms with Crippen LogP contribution in [0.15, 0.2) is 42.7 Å². The Kier molecular flexibility index (Phi) is 3.42. The Hall–Kier alpha value is -2.54. The molecule has 0 spiro atoms. The van der Waals surface area contributed by atoms with E-state index in [4.69, 9.17) is 0 Å². The van der Waals surface area contributed by atoms with E-state index in [0.29, 0.717) is 23.9 Å². The van der Waals surface area contributed by atoms with Gasteiger partial charge in [0.2, 0.25) is 5.95 Å². The predicted molar refractivity (Wildman–Crippen MR) is 87.1 cm³/mol. The van der Waals surface area contributed by atoms with Crippen molar-refractivity contribution >= 4 is 33.3 Å². The molecule has 1 aromatic carbocycles. The molecule has 0 radical (unpaired) electrons. The van der Waals surface area contributed by atoms with Crippen molar-refractivity contribution in [2.45, 2.75) is 6.04 Å². The molecular weight excluding hydrogens is 315 g/mol. The molecule has 1 amide bonds. The Labute approximate surface area is 135 Å². The van der Waals surface area contributed by atoms with Crippen LogP contribution >= 0.6 is 11.3 Å². The third-order valence-corrected chi connectivity index (χ3v) is 4.86. The van der Waals surface area contributed by atoms with Gasteiger partial charge >= 0.3 is 0 Å². The molecule has 1 N–H and O–H groups in total. The maximum Gasteiger partial charge on any atom is 0.264 e. The second kappa shape index (κ2) is 5.58. The molecule has 1 fully saturated rings. The lowest BCUT2D eigenvalue weighted by molar-refractivity contribution is 0.0630. The number of amides is 1. The summed E-state index contributed by atoms with van der Waals surface area (Å²) in [7, 11) is 0. The van der Waals surface area contributed by atoms with Gasteiger partial charge in [-0.1, -0.05) is 0 Å². The number of halogens is 1. The van der Waals surface area contributed by atoms with Crippen LogP contribution < -0.4 is 5.32 Å². The summed E-state index contributed by atoms with van der Waals surface area (Å²) in [6, 6.07) is 8.25. The first-order valence-corrected chi connectivity index (χ1v) is 8.02. The van der Waals surface area contributed by atoms with Crippen molar-refractivity contribution in [1.29, 1.82) is 0 Å². The number of nitrogens with one attached hydrogen (secondary N) is 1. The second-order valence-corrected chi connectivity index (χ2v) is 6.50. The molecule has 0 unspecified atom stereocenters. The molecule has 3 heterocycles. The first-order valence-electron chi connectivity index (χ1n) is 7.21. The number of aromatic nitrogens is 2. The zero-order valence-electron chi connectivity index (χ0n) is 12.1. The normalized spacial score (nSPS) is 14.7. The summed E-state index contributed by atoms with van der Waals surface area (Å²) in [6.07, 6.45) is 3.35. The highest BCUT2D eigenvalue weighted by atomic mass is 32.1. The van der Waals surface area contributed by atoms with Gasteiger partial charge in [0.15, 0.2) is 0 Å². The Morgan fingerprint density at radius 2 is 2.04 bits per heavy atom. The van der Waals surface area contributed by atoms with E-state index in [1.165, 1.54) is 23.5 Å². The molecule has 0 bridgehead atoms. The van der Waals surface area contributed by atoms with E-state index in [-0.39, 0.29) is 17.8 Å². The van der Waals surface area contributed by atoms with Crippen molar-refractivity contribution in [2.75, 3.05) is 18.4 Å². The molecule has 7 heteroatoms. The van der Waals surface area contributed by atoms with Gasteiger partial charge in [-0.05, 0) is 35.7 Å². The fourth-order valence-electron chi connectivity index (χ4n) is 2.57. The van der Waals surface area contributed by atoms with Crippen LogP contribution in [0.5, 0.6) is 0 Å². The van der Waals surface area contributed by atoms with Crippen LogP contribution in [0.1, 0.15) is 9.67 Å². The van der Waals surface area contributed by atoms with Crippen LogP contribution in [0.25, 0.3) is 10.1 Å². The predicted octanol–water partition coefficient (Wildman–Crippen LogP) is 2.77. The Bertz CT molecular complexity index is 861. The molecule has 1 saturated heterocycles. The summed E-state index contributed by atoms with van der Waals surface area (Å²) in [4.78, 5) is 23.1. The zero-order chi connectivity index (χ0) is 15.8. The topological polar surface area (TPSA) is 58.1 Å². The van der Waals surface area contributed by atoms with E-state index in [9.17, 15) is 9.18 Å². The molecular formula is C16H13FN4OS. The highest BCUT2D eigenvalue weighted by Gasteiger charge is 2.32. The maximum atomic E-state index is 13.2. The summed E-state index contributed by atoms with van der Waals surface area (Å²) >= 11 is 1.39. The Balaban J connectivity index is 1.42. The average molecular weight is 328 g/mol. The average Bonchev–Trinajstić information content (AvgIpc) is 2.94. The smallest absolute Gasteiger partial charge is 0.264 e. The van der Waals surface area contributed by atoms with E-state index < -0.39 is 0 Å². The molecule has 0 saturated carbocycles. The van der Waals surface area contributed by atoms with Crippen molar-refractivity contribution in [3.05, 3.63) is 53.4 Å². The van der Waals surface area contributed by atoms with Crippen molar-refractivity contribution < 1.29 is 9.18 Å². The SMILES string of the molecule is O=C(c1cc2cc(F)ccc2s1)N1CC(Nc2ncccn2)C1. The van der Waals surface area contributed by atoms with Gasteiger partial charge in [-0.2, -0.15) is 0 Å². The van der Waals surface area contributed by atoms with E-state index >= 15 is 0 Å². The van der Waals surface area contributed by atoms with Gasteiger partial charge in [0.1, 0.15) is 5.82 Å². The summed E-state index contributed by atoms with van der Waals surface area (Å²) in [5.41, 5.74) is 0.